The highest BCUT2D eigenvalue weighted by molar-refractivity contribution is 5.99. The quantitative estimate of drug-likeness (QED) is 0.174. The van der Waals surface area contributed by atoms with Crippen molar-refractivity contribution in [2.75, 3.05) is 7.11 Å². The van der Waals surface area contributed by atoms with Gasteiger partial charge >= 0.3 is 6.09 Å². The number of amides is 2. The second-order valence-corrected chi connectivity index (χ2v) is 10.5. The summed E-state index contributed by atoms with van der Waals surface area (Å²) in [5.41, 5.74) is 3.67. The molecule has 1 saturated heterocycles. The molecule has 3 aromatic carbocycles. The van der Waals surface area contributed by atoms with Crippen LogP contribution in [0.2, 0.25) is 0 Å². The lowest BCUT2D eigenvalue weighted by molar-refractivity contribution is -0.130. The Balaban J connectivity index is 0.975. The van der Waals surface area contributed by atoms with Crippen LogP contribution in [0, 0.1) is 23.7 Å². The van der Waals surface area contributed by atoms with E-state index >= 15 is 0 Å². The van der Waals surface area contributed by atoms with Crippen LogP contribution < -0.4 is 9.47 Å². The number of aryl methyl sites for hydroxylation is 1. The van der Waals surface area contributed by atoms with Crippen molar-refractivity contribution in [1.82, 2.24) is 14.9 Å². The standard InChI is InChI=1S/C37H29N3O7/c1-43-33-21-28(15-18-31(33)44-24-30-25-46-35(39-30)20-17-27-11-6-3-7-12-27)13-8-14-32-36(41)40(37(42)47-32)22-29-23-45-34(38-29)19-16-26-9-4-2-5-10-26/h2-7,9-12,15,18,21,23,25,32H,8,13-14,22,24H2,1H3. The Morgan fingerprint density at radius 1 is 0.787 bits per heavy atom. The van der Waals surface area contributed by atoms with Crippen molar-refractivity contribution in [2.24, 2.45) is 0 Å². The summed E-state index contributed by atoms with van der Waals surface area (Å²) in [7, 11) is 1.57. The van der Waals surface area contributed by atoms with Crippen LogP contribution >= 0.6 is 0 Å². The van der Waals surface area contributed by atoms with Crippen LogP contribution in [0.25, 0.3) is 0 Å². The molecule has 0 saturated carbocycles. The fraction of sp³-hybridized carbons (Fsp3) is 0.189. The Hall–Kier alpha value is -6.26. The van der Waals surface area contributed by atoms with Crippen molar-refractivity contribution in [3.05, 3.63) is 131 Å². The van der Waals surface area contributed by atoms with Gasteiger partial charge in [0.25, 0.3) is 17.7 Å². The van der Waals surface area contributed by atoms with E-state index in [0.717, 1.165) is 21.6 Å². The molecule has 3 heterocycles. The molecule has 0 N–H and O–H groups in total. The van der Waals surface area contributed by atoms with Crippen LogP contribution in [0.5, 0.6) is 11.5 Å². The fourth-order valence-corrected chi connectivity index (χ4v) is 4.78. The molecule has 2 aromatic heterocycles. The number of rotatable bonds is 10. The molecule has 2 amide bonds. The molecule has 6 rings (SSSR count). The average Bonchev–Trinajstić information content (AvgIpc) is 3.83. The number of aromatic nitrogens is 2. The van der Waals surface area contributed by atoms with Gasteiger partial charge in [0.05, 0.1) is 13.7 Å². The van der Waals surface area contributed by atoms with Crippen molar-refractivity contribution in [2.45, 2.75) is 38.5 Å². The first-order chi connectivity index (χ1) is 23.0. The Labute approximate surface area is 271 Å². The molecule has 0 spiro atoms. The van der Waals surface area contributed by atoms with Crippen LogP contribution in [0.3, 0.4) is 0 Å². The maximum absolute atomic E-state index is 13.0. The number of cyclic esters (lactones) is 1. The highest BCUT2D eigenvalue weighted by atomic mass is 16.6. The fourth-order valence-electron chi connectivity index (χ4n) is 4.78. The van der Waals surface area contributed by atoms with E-state index in [1.807, 2.05) is 78.9 Å². The van der Waals surface area contributed by atoms with Crippen molar-refractivity contribution in [3.8, 4) is 35.2 Å². The Morgan fingerprint density at radius 2 is 1.43 bits per heavy atom. The number of imide groups is 1. The van der Waals surface area contributed by atoms with E-state index in [4.69, 9.17) is 23.0 Å². The molecule has 0 radical (unpaired) electrons. The Kier molecular flexibility index (Phi) is 9.61. The molecular formula is C37H29N3O7. The minimum Gasteiger partial charge on any atom is -0.493 e. The number of hydrogen-bond donors (Lipinski definition) is 0. The molecule has 1 aliphatic rings. The number of benzene rings is 3. The zero-order valence-corrected chi connectivity index (χ0v) is 25.5. The van der Waals surface area contributed by atoms with Gasteiger partial charge in [-0.15, -0.1) is 0 Å². The number of nitrogens with zero attached hydrogens (tertiary/aromatic N) is 3. The average molecular weight is 628 g/mol. The summed E-state index contributed by atoms with van der Waals surface area (Å²) >= 11 is 0. The first-order valence-corrected chi connectivity index (χ1v) is 14.9. The lowest BCUT2D eigenvalue weighted by Crippen LogP contribution is -2.31. The molecule has 47 heavy (non-hydrogen) atoms. The molecule has 10 heteroatoms. The molecule has 10 nitrogen and oxygen atoms in total. The largest absolute Gasteiger partial charge is 0.493 e. The van der Waals surface area contributed by atoms with Crippen molar-refractivity contribution < 1.29 is 32.6 Å². The van der Waals surface area contributed by atoms with Gasteiger partial charge in [-0.3, -0.25) is 4.79 Å². The van der Waals surface area contributed by atoms with E-state index in [0.29, 0.717) is 48.0 Å². The monoisotopic (exact) mass is 627 g/mol. The molecule has 1 atom stereocenters. The molecule has 1 aliphatic heterocycles. The van der Waals surface area contributed by atoms with Gasteiger partial charge in [-0.1, -0.05) is 54.3 Å². The summed E-state index contributed by atoms with van der Waals surface area (Å²) < 4.78 is 27.7. The number of hydrogen-bond acceptors (Lipinski definition) is 9. The third kappa shape index (κ3) is 8.07. The predicted molar refractivity (Wildman–Crippen MR) is 169 cm³/mol. The highest BCUT2D eigenvalue weighted by Gasteiger charge is 2.40. The van der Waals surface area contributed by atoms with E-state index < -0.39 is 18.1 Å². The maximum atomic E-state index is 13.0. The van der Waals surface area contributed by atoms with Crippen LogP contribution in [0.15, 0.2) is 100 Å². The molecule has 5 aromatic rings. The second-order valence-electron chi connectivity index (χ2n) is 10.5. The van der Waals surface area contributed by atoms with E-state index in [9.17, 15) is 9.59 Å². The third-order valence-electron chi connectivity index (χ3n) is 7.14. The van der Waals surface area contributed by atoms with E-state index in [1.165, 1.54) is 12.5 Å². The van der Waals surface area contributed by atoms with Gasteiger partial charge in [0.15, 0.2) is 17.6 Å². The van der Waals surface area contributed by atoms with E-state index in [2.05, 4.69) is 33.6 Å². The smallest absolute Gasteiger partial charge is 0.417 e. The van der Waals surface area contributed by atoms with Gasteiger partial charge in [0.1, 0.15) is 30.5 Å². The predicted octanol–water partition coefficient (Wildman–Crippen LogP) is 5.92. The topological polar surface area (TPSA) is 117 Å². The number of carbonyl (C=O) groups excluding carboxylic acids is 2. The summed E-state index contributed by atoms with van der Waals surface area (Å²) in [5, 5.41) is 0. The summed E-state index contributed by atoms with van der Waals surface area (Å²) in [5.74, 6) is 12.9. The molecule has 1 unspecified atom stereocenters. The van der Waals surface area contributed by atoms with Gasteiger partial charge in [0.2, 0.25) is 0 Å². The van der Waals surface area contributed by atoms with E-state index in [-0.39, 0.29) is 19.0 Å². The highest BCUT2D eigenvalue weighted by Crippen LogP contribution is 2.30. The van der Waals surface area contributed by atoms with Crippen LogP contribution in [0.4, 0.5) is 4.79 Å². The normalized spacial score (nSPS) is 13.7. The minimum atomic E-state index is -0.860. The zero-order chi connectivity index (χ0) is 32.4. The summed E-state index contributed by atoms with van der Waals surface area (Å²) in [6.07, 6.45) is 2.95. The summed E-state index contributed by atoms with van der Waals surface area (Å²) in [4.78, 5) is 35.1. The van der Waals surface area contributed by atoms with Crippen molar-refractivity contribution >= 4 is 12.0 Å². The number of carbonyl (C=O) groups is 2. The van der Waals surface area contributed by atoms with Crippen molar-refractivity contribution in [3.63, 3.8) is 0 Å². The summed E-state index contributed by atoms with van der Waals surface area (Å²) in [6.45, 7) is 0.120. The minimum absolute atomic E-state index is 0.0555. The molecule has 0 aliphatic carbocycles. The van der Waals surface area contributed by atoms with Crippen LogP contribution in [0.1, 0.15) is 52.7 Å². The maximum Gasteiger partial charge on any atom is 0.417 e. The SMILES string of the molecule is COc1cc(CCCC2OC(=O)N(Cc3coc(C#Cc4ccccc4)n3)C2=O)ccc1OCc1coc(C#Cc2ccccc2)n1. The molecular weight excluding hydrogens is 598 g/mol. The van der Waals surface area contributed by atoms with E-state index in [1.54, 1.807) is 7.11 Å². The number of ether oxygens (including phenoxy) is 3. The second kappa shape index (κ2) is 14.7. The first kappa shape index (κ1) is 30.8. The summed E-state index contributed by atoms with van der Waals surface area (Å²) in [6, 6.07) is 24.6. The van der Waals surface area contributed by atoms with Gasteiger partial charge < -0.3 is 23.0 Å². The third-order valence-corrected chi connectivity index (χ3v) is 7.14. The lowest BCUT2D eigenvalue weighted by atomic mass is 10.0. The van der Waals surface area contributed by atoms with Gasteiger partial charge in [-0.2, -0.15) is 0 Å². The molecule has 234 valence electrons. The van der Waals surface area contributed by atoms with Crippen LogP contribution in [-0.2, 0) is 29.1 Å². The van der Waals surface area contributed by atoms with Crippen molar-refractivity contribution in [1.29, 1.82) is 0 Å². The molecule has 0 bridgehead atoms. The first-order valence-electron chi connectivity index (χ1n) is 14.9. The van der Waals surface area contributed by atoms with Crippen LogP contribution in [-0.4, -0.2) is 40.1 Å². The van der Waals surface area contributed by atoms with Gasteiger partial charge in [-0.05, 0) is 73.1 Å². The number of methoxy groups -OCH3 is 1. The Bertz CT molecular complexity index is 1980. The van der Waals surface area contributed by atoms with Gasteiger partial charge in [-0.25, -0.2) is 19.7 Å². The Morgan fingerprint density at radius 3 is 2.09 bits per heavy atom. The molecule has 1 fully saturated rings. The lowest BCUT2D eigenvalue weighted by Gasteiger charge is -2.12. The van der Waals surface area contributed by atoms with Gasteiger partial charge in [0, 0.05) is 11.1 Å². The zero-order valence-electron chi connectivity index (χ0n) is 25.5. The number of oxazole rings is 2.